The van der Waals surface area contributed by atoms with Gasteiger partial charge in [-0.15, -0.1) is 0 Å². The molecular weight excluding hydrogens is 228 g/mol. The van der Waals surface area contributed by atoms with Crippen molar-refractivity contribution in [1.82, 2.24) is 15.3 Å². The van der Waals surface area contributed by atoms with Crippen LogP contribution in [0.15, 0.2) is 12.4 Å². The summed E-state index contributed by atoms with van der Waals surface area (Å²) in [7, 11) is 1.63. The quantitative estimate of drug-likeness (QED) is 0.857. The molecule has 0 saturated carbocycles. The number of methoxy groups -OCH3 is 1. The number of piperidine rings is 1. The van der Waals surface area contributed by atoms with Crippen molar-refractivity contribution in [3.8, 4) is 5.88 Å². The summed E-state index contributed by atoms with van der Waals surface area (Å²) >= 11 is 0. The molecule has 1 unspecified atom stereocenters. The fourth-order valence-electron chi connectivity index (χ4n) is 2.34. The Morgan fingerprint density at radius 1 is 1.44 bits per heavy atom. The van der Waals surface area contributed by atoms with Crippen molar-refractivity contribution < 1.29 is 4.74 Å². The van der Waals surface area contributed by atoms with Crippen LogP contribution in [0.25, 0.3) is 0 Å². The van der Waals surface area contributed by atoms with Crippen molar-refractivity contribution in [2.24, 2.45) is 0 Å². The first-order valence-electron chi connectivity index (χ1n) is 6.68. The number of aromatic nitrogens is 2. The van der Waals surface area contributed by atoms with E-state index < -0.39 is 0 Å². The highest BCUT2D eigenvalue weighted by molar-refractivity contribution is 5.40. The van der Waals surface area contributed by atoms with Gasteiger partial charge in [-0.2, -0.15) is 0 Å². The number of rotatable bonds is 5. The Kier molecular flexibility index (Phi) is 4.75. The van der Waals surface area contributed by atoms with Gasteiger partial charge in [0.15, 0.2) is 0 Å². The topological polar surface area (TPSA) is 50.3 Å². The minimum Gasteiger partial charge on any atom is -0.481 e. The molecule has 100 valence electrons. The minimum absolute atomic E-state index is 0.569. The van der Waals surface area contributed by atoms with Gasteiger partial charge in [-0.3, -0.25) is 0 Å². The van der Waals surface area contributed by atoms with E-state index in [-0.39, 0.29) is 0 Å². The molecular formula is C13H22N4O. The second-order valence-electron chi connectivity index (χ2n) is 4.60. The molecule has 5 nitrogen and oxygen atoms in total. The van der Waals surface area contributed by atoms with Crippen LogP contribution >= 0.6 is 0 Å². The highest BCUT2D eigenvalue weighted by Crippen LogP contribution is 2.17. The van der Waals surface area contributed by atoms with Crippen LogP contribution in [0.4, 0.5) is 5.82 Å². The Hall–Kier alpha value is -1.36. The van der Waals surface area contributed by atoms with Gasteiger partial charge in [-0.05, 0) is 26.3 Å². The van der Waals surface area contributed by atoms with E-state index in [0.29, 0.717) is 11.9 Å². The van der Waals surface area contributed by atoms with Crippen LogP contribution in [-0.2, 0) is 0 Å². The molecule has 1 N–H and O–H groups in total. The van der Waals surface area contributed by atoms with Gasteiger partial charge in [0.05, 0.1) is 7.11 Å². The summed E-state index contributed by atoms with van der Waals surface area (Å²) in [5.74, 6) is 1.56. The number of nitrogens with one attached hydrogen (secondary N) is 1. The van der Waals surface area contributed by atoms with Gasteiger partial charge in [0.25, 0.3) is 0 Å². The van der Waals surface area contributed by atoms with Gasteiger partial charge in [0.2, 0.25) is 5.88 Å². The third kappa shape index (κ3) is 3.32. The van der Waals surface area contributed by atoms with Crippen molar-refractivity contribution in [3.05, 3.63) is 12.4 Å². The van der Waals surface area contributed by atoms with Gasteiger partial charge in [0, 0.05) is 25.2 Å². The normalized spacial score (nSPS) is 19.6. The van der Waals surface area contributed by atoms with Crippen LogP contribution in [0.5, 0.6) is 5.88 Å². The molecule has 1 aromatic rings. The molecule has 0 spiro atoms. The Labute approximate surface area is 109 Å². The Balaban J connectivity index is 2.02. The van der Waals surface area contributed by atoms with E-state index >= 15 is 0 Å². The molecule has 0 aromatic carbocycles. The molecule has 2 heterocycles. The number of nitrogens with zero attached hydrogens (tertiary/aromatic N) is 3. The monoisotopic (exact) mass is 250 g/mol. The summed E-state index contributed by atoms with van der Waals surface area (Å²) in [6.45, 7) is 5.22. The van der Waals surface area contributed by atoms with Crippen LogP contribution in [0, 0.1) is 0 Å². The highest BCUT2D eigenvalue weighted by atomic mass is 16.5. The first-order valence-corrected chi connectivity index (χ1v) is 6.68. The predicted octanol–water partition coefficient (Wildman–Crippen LogP) is 1.45. The summed E-state index contributed by atoms with van der Waals surface area (Å²) in [6.07, 6.45) is 5.43. The lowest BCUT2D eigenvalue weighted by atomic mass is 10.0. The average molecular weight is 250 g/mol. The number of hydrogen-bond acceptors (Lipinski definition) is 5. The van der Waals surface area contributed by atoms with Gasteiger partial charge < -0.3 is 15.0 Å². The second kappa shape index (κ2) is 6.54. The largest absolute Gasteiger partial charge is 0.481 e. The van der Waals surface area contributed by atoms with Crippen LogP contribution in [0.3, 0.4) is 0 Å². The lowest BCUT2D eigenvalue weighted by molar-refractivity contribution is 0.393. The molecule has 1 saturated heterocycles. The lowest BCUT2D eigenvalue weighted by Gasteiger charge is -2.30. The number of hydrogen-bond donors (Lipinski definition) is 1. The van der Waals surface area contributed by atoms with E-state index in [2.05, 4.69) is 27.1 Å². The second-order valence-corrected chi connectivity index (χ2v) is 4.60. The van der Waals surface area contributed by atoms with Gasteiger partial charge in [-0.1, -0.05) is 6.42 Å². The van der Waals surface area contributed by atoms with Crippen molar-refractivity contribution in [2.75, 3.05) is 31.6 Å². The van der Waals surface area contributed by atoms with Crippen molar-refractivity contribution in [1.29, 1.82) is 0 Å². The lowest BCUT2D eigenvalue weighted by Crippen LogP contribution is -2.44. The van der Waals surface area contributed by atoms with E-state index in [1.807, 2.05) is 6.07 Å². The molecule has 1 aromatic heterocycles. The molecule has 5 heteroatoms. The third-order valence-corrected chi connectivity index (χ3v) is 3.40. The zero-order valence-electron chi connectivity index (χ0n) is 11.2. The molecule has 18 heavy (non-hydrogen) atoms. The van der Waals surface area contributed by atoms with E-state index in [4.69, 9.17) is 4.74 Å². The smallest absolute Gasteiger partial charge is 0.218 e. The summed E-state index contributed by atoms with van der Waals surface area (Å²) in [4.78, 5) is 10.6. The van der Waals surface area contributed by atoms with E-state index in [1.165, 1.54) is 19.3 Å². The molecule has 1 aliphatic heterocycles. The summed E-state index contributed by atoms with van der Waals surface area (Å²) in [5.41, 5.74) is 0. The zero-order valence-corrected chi connectivity index (χ0v) is 11.2. The molecule has 1 atom stereocenters. The number of anilines is 1. The minimum atomic E-state index is 0.569. The van der Waals surface area contributed by atoms with Gasteiger partial charge in [0.1, 0.15) is 12.1 Å². The fourth-order valence-corrected chi connectivity index (χ4v) is 2.34. The predicted molar refractivity (Wildman–Crippen MR) is 72.1 cm³/mol. The maximum atomic E-state index is 5.15. The fraction of sp³-hybridized carbons (Fsp3) is 0.692. The van der Waals surface area contributed by atoms with E-state index in [9.17, 15) is 0 Å². The van der Waals surface area contributed by atoms with E-state index in [1.54, 1.807) is 13.4 Å². The molecule has 0 radical (unpaired) electrons. The van der Waals surface area contributed by atoms with Crippen molar-refractivity contribution in [2.45, 2.75) is 32.2 Å². The van der Waals surface area contributed by atoms with Crippen LogP contribution in [-0.4, -0.2) is 42.8 Å². The summed E-state index contributed by atoms with van der Waals surface area (Å²) in [6, 6.07) is 2.46. The zero-order chi connectivity index (χ0) is 12.8. The molecule has 0 aliphatic carbocycles. The van der Waals surface area contributed by atoms with Crippen LogP contribution in [0.1, 0.15) is 26.2 Å². The van der Waals surface area contributed by atoms with Gasteiger partial charge >= 0.3 is 0 Å². The first kappa shape index (κ1) is 13.1. The van der Waals surface area contributed by atoms with Gasteiger partial charge in [-0.25, -0.2) is 9.97 Å². The maximum absolute atomic E-state index is 5.15. The maximum Gasteiger partial charge on any atom is 0.218 e. The number of ether oxygens (including phenoxy) is 1. The number of likely N-dealkylation sites (N-methyl/N-ethyl adjacent to an activating group) is 1. The standard InChI is InChI=1S/C13H22N4O/c1-3-17(9-11-6-4-5-7-14-11)12-8-13(18-2)16-10-15-12/h8,10-11,14H,3-7,9H2,1-2H3. The molecule has 1 fully saturated rings. The first-order chi connectivity index (χ1) is 8.83. The highest BCUT2D eigenvalue weighted by Gasteiger charge is 2.17. The SMILES string of the molecule is CCN(CC1CCCCN1)c1cc(OC)ncn1. The Bertz CT molecular complexity index is 366. The Morgan fingerprint density at radius 3 is 3.00 bits per heavy atom. The van der Waals surface area contributed by atoms with Crippen LogP contribution in [0.2, 0.25) is 0 Å². The third-order valence-electron chi connectivity index (χ3n) is 3.40. The molecule has 1 aliphatic rings. The molecule has 2 rings (SSSR count). The summed E-state index contributed by atoms with van der Waals surface area (Å²) in [5, 5.41) is 3.57. The Morgan fingerprint density at radius 2 is 2.33 bits per heavy atom. The molecule has 0 bridgehead atoms. The van der Waals surface area contributed by atoms with Crippen molar-refractivity contribution >= 4 is 5.82 Å². The average Bonchev–Trinajstić information content (AvgIpc) is 2.46. The van der Waals surface area contributed by atoms with Crippen LogP contribution < -0.4 is 15.0 Å². The van der Waals surface area contributed by atoms with E-state index in [0.717, 1.165) is 25.5 Å². The summed E-state index contributed by atoms with van der Waals surface area (Å²) < 4.78 is 5.15. The molecule has 0 amide bonds. The van der Waals surface area contributed by atoms with Crippen molar-refractivity contribution in [3.63, 3.8) is 0 Å².